The summed E-state index contributed by atoms with van der Waals surface area (Å²) in [6.45, 7) is 7.30. The molecule has 0 N–H and O–H groups in total. The molecule has 0 saturated carbocycles. The number of hydrogen-bond acceptors (Lipinski definition) is 2. The summed E-state index contributed by atoms with van der Waals surface area (Å²) < 4.78 is 5.90. The first-order valence-electron chi connectivity index (χ1n) is 4.44. The maximum atomic E-state index is 11.1. The molecule has 0 amide bonds. The van der Waals surface area contributed by atoms with Crippen LogP contribution in [0.15, 0.2) is 12.7 Å². The molecule has 0 heterocycles. The number of esters is 1. The third-order valence-electron chi connectivity index (χ3n) is 2.56. The highest BCUT2D eigenvalue weighted by Gasteiger charge is 2.39. The van der Waals surface area contributed by atoms with E-state index in [0.717, 1.165) is 6.42 Å². The summed E-state index contributed by atoms with van der Waals surface area (Å²) in [4.78, 5) is 11.1. The zero-order chi connectivity index (χ0) is 10.7. The third kappa shape index (κ3) is 3.68. The van der Waals surface area contributed by atoms with Gasteiger partial charge in [0, 0.05) is 19.4 Å². The van der Waals surface area contributed by atoms with E-state index in [1.54, 1.807) is 0 Å². The lowest BCUT2D eigenvalue weighted by molar-refractivity contribution is -0.945. The van der Waals surface area contributed by atoms with Crippen molar-refractivity contribution in [2.75, 3.05) is 21.1 Å². The van der Waals surface area contributed by atoms with Gasteiger partial charge in [-0.25, -0.2) is 4.79 Å². The van der Waals surface area contributed by atoms with Crippen molar-refractivity contribution in [3.63, 3.8) is 0 Å². The highest BCUT2D eigenvalue weighted by Crippen LogP contribution is 2.23. The molecule has 3 nitrogen and oxygen atoms in total. The smallest absolute Gasteiger partial charge is 0.334 e. The number of rotatable bonds is 4. The van der Waals surface area contributed by atoms with Crippen LogP contribution in [0.4, 0.5) is 0 Å². The van der Waals surface area contributed by atoms with Crippen LogP contribution < -0.4 is 12.4 Å². The van der Waals surface area contributed by atoms with Gasteiger partial charge in [0.05, 0.1) is 21.1 Å². The Morgan fingerprint density at radius 2 is 1.93 bits per heavy atom. The Balaban J connectivity index is 0. The topological polar surface area (TPSA) is 26.3 Å². The summed E-state index contributed by atoms with van der Waals surface area (Å²) in [6, 6.07) is 0. The molecule has 0 rings (SSSR count). The van der Waals surface area contributed by atoms with Gasteiger partial charge in [0.2, 0.25) is 5.72 Å². The van der Waals surface area contributed by atoms with Crippen molar-refractivity contribution >= 4 is 5.97 Å². The fourth-order valence-corrected chi connectivity index (χ4v) is 0.942. The average molecular weight is 222 g/mol. The number of hydrogen-bond donors (Lipinski definition) is 0. The molecule has 0 radical (unpaired) electrons. The summed E-state index contributed by atoms with van der Waals surface area (Å²) in [5.74, 6) is -0.364. The van der Waals surface area contributed by atoms with E-state index in [9.17, 15) is 4.79 Å². The van der Waals surface area contributed by atoms with Crippen molar-refractivity contribution in [2.24, 2.45) is 0 Å². The quantitative estimate of drug-likeness (QED) is 0.251. The molecule has 0 saturated heterocycles. The van der Waals surface area contributed by atoms with Crippen molar-refractivity contribution in [3.8, 4) is 0 Å². The monoisotopic (exact) mass is 221 g/mol. The zero-order valence-electron chi connectivity index (χ0n) is 9.63. The first-order chi connectivity index (χ1) is 5.77. The van der Waals surface area contributed by atoms with Crippen molar-refractivity contribution in [2.45, 2.75) is 26.0 Å². The van der Waals surface area contributed by atoms with Crippen molar-refractivity contribution in [1.29, 1.82) is 0 Å². The molecule has 0 aromatic carbocycles. The van der Waals surface area contributed by atoms with Gasteiger partial charge in [0.25, 0.3) is 0 Å². The fraction of sp³-hybridized carbons (Fsp3) is 0.700. The molecule has 0 aromatic rings. The van der Waals surface area contributed by atoms with Crippen LogP contribution in [0, 0.1) is 0 Å². The van der Waals surface area contributed by atoms with Crippen LogP contribution in [0.2, 0.25) is 0 Å². The highest BCUT2D eigenvalue weighted by atomic mass is 35.5. The lowest BCUT2D eigenvalue weighted by Gasteiger charge is -2.41. The molecule has 0 fully saturated rings. The summed E-state index contributed by atoms with van der Waals surface area (Å²) in [5, 5.41) is 0. The highest BCUT2D eigenvalue weighted by molar-refractivity contribution is 5.81. The average Bonchev–Trinajstić information content (AvgIpc) is 2.02. The lowest BCUT2D eigenvalue weighted by Crippen LogP contribution is -3.00. The van der Waals surface area contributed by atoms with Gasteiger partial charge >= 0.3 is 5.97 Å². The molecule has 84 valence electrons. The number of ether oxygens (including phenoxy) is 1. The molecular formula is C10H20ClNO2. The number of carbonyl (C=O) groups excluding carboxylic acids is 1. The van der Waals surface area contributed by atoms with Crippen LogP contribution in [0.25, 0.3) is 0 Å². The van der Waals surface area contributed by atoms with E-state index in [4.69, 9.17) is 4.74 Å². The number of quaternary nitrogens is 1. The first kappa shape index (κ1) is 15.9. The fourth-order valence-electron chi connectivity index (χ4n) is 0.942. The largest absolute Gasteiger partial charge is 1.00 e. The molecule has 0 bridgehead atoms. The second-order valence-electron chi connectivity index (χ2n) is 4.17. The van der Waals surface area contributed by atoms with E-state index >= 15 is 0 Å². The van der Waals surface area contributed by atoms with Gasteiger partial charge in [-0.15, -0.1) is 0 Å². The van der Waals surface area contributed by atoms with Crippen LogP contribution in [0.5, 0.6) is 0 Å². The Hall–Kier alpha value is -0.540. The number of nitrogens with zero attached hydrogens (tertiary/aromatic N) is 1. The van der Waals surface area contributed by atoms with Crippen LogP contribution in [0.3, 0.4) is 0 Å². The van der Waals surface area contributed by atoms with Crippen LogP contribution in [-0.2, 0) is 9.53 Å². The molecule has 0 aromatic heterocycles. The molecular weight excluding hydrogens is 202 g/mol. The summed E-state index contributed by atoms with van der Waals surface area (Å²) in [6.07, 6.45) is 1.97. The maximum Gasteiger partial charge on any atom is 0.334 e. The first-order valence-corrected chi connectivity index (χ1v) is 4.44. The Kier molecular flexibility index (Phi) is 6.10. The summed E-state index contributed by atoms with van der Waals surface area (Å²) in [7, 11) is 6.00. The van der Waals surface area contributed by atoms with E-state index in [2.05, 4.69) is 6.58 Å². The third-order valence-corrected chi connectivity index (χ3v) is 2.56. The molecule has 1 unspecified atom stereocenters. The van der Waals surface area contributed by atoms with Crippen molar-refractivity contribution in [1.82, 2.24) is 0 Å². The molecule has 0 aliphatic rings. The van der Waals surface area contributed by atoms with Crippen molar-refractivity contribution in [3.05, 3.63) is 12.7 Å². The molecule has 0 spiro atoms. The van der Waals surface area contributed by atoms with E-state index in [0.29, 0.717) is 4.48 Å². The number of halogens is 1. The van der Waals surface area contributed by atoms with E-state index in [1.165, 1.54) is 6.08 Å². The van der Waals surface area contributed by atoms with Crippen molar-refractivity contribution < 1.29 is 26.4 Å². The van der Waals surface area contributed by atoms with Crippen LogP contribution in [-0.4, -0.2) is 37.3 Å². The standard InChI is InChI=1S/C10H20NO2.ClH/c1-7-9(12)13-10(3,8-2)11(4,5)6;/h7H,1,8H2,2-6H3;1H/q+1;/p-1. The molecule has 14 heavy (non-hydrogen) atoms. The predicted octanol–water partition coefficient (Wildman–Crippen LogP) is -1.45. The van der Waals surface area contributed by atoms with Gasteiger partial charge < -0.3 is 17.1 Å². The Morgan fingerprint density at radius 1 is 1.50 bits per heavy atom. The van der Waals surface area contributed by atoms with Gasteiger partial charge in [-0.05, 0) is 0 Å². The Bertz CT molecular complexity index is 211. The minimum atomic E-state index is -0.481. The van der Waals surface area contributed by atoms with Gasteiger partial charge in [-0.3, -0.25) is 4.48 Å². The molecule has 4 heteroatoms. The summed E-state index contributed by atoms with van der Waals surface area (Å²) >= 11 is 0. The molecule has 0 aliphatic carbocycles. The molecule has 1 atom stereocenters. The van der Waals surface area contributed by atoms with E-state index < -0.39 is 5.72 Å². The van der Waals surface area contributed by atoms with Gasteiger partial charge in [-0.1, -0.05) is 13.5 Å². The summed E-state index contributed by atoms with van der Waals surface area (Å²) in [5.41, 5.74) is -0.481. The van der Waals surface area contributed by atoms with E-state index in [-0.39, 0.29) is 18.4 Å². The second kappa shape index (κ2) is 5.37. The number of carbonyl (C=O) groups is 1. The minimum absolute atomic E-state index is 0. The minimum Gasteiger partial charge on any atom is -1.00 e. The maximum absolute atomic E-state index is 11.1. The zero-order valence-corrected chi connectivity index (χ0v) is 10.4. The van der Waals surface area contributed by atoms with Gasteiger partial charge in [-0.2, -0.15) is 0 Å². The SMILES string of the molecule is C=CC(=O)OC(C)(CC)[N+](C)(C)C.[Cl-]. The Labute approximate surface area is 92.7 Å². The lowest BCUT2D eigenvalue weighted by atomic mass is 10.1. The van der Waals surface area contributed by atoms with Gasteiger partial charge in [0.15, 0.2) is 0 Å². The normalized spacial score (nSPS) is 14.9. The van der Waals surface area contributed by atoms with Crippen LogP contribution in [0.1, 0.15) is 20.3 Å². The molecule has 0 aliphatic heterocycles. The predicted molar refractivity (Wildman–Crippen MR) is 53.0 cm³/mol. The second-order valence-corrected chi connectivity index (χ2v) is 4.17. The van der Waals surface area contributed by atoms with Crippen LogP contribution >= 0.6 is 0 Å². The Morgan fingerprint density at radius 3 is 2.14 bits per heavy atom. The van der Waals surface area contributed by atoms with Gasteiger partial charge in [0.1, 0.15) is 0 Å². The van der Waals surface area contributed by atoms with E-state index in [1.807, 2.05) is 35.0 Å².